The Morgan fingerprint density at radius 2 is 1.61 bits per heavy atom. The molecule has 4 aromatic rings. The number of rotatable bonds is 7. The van der Waals surface area contributed by atoms with Gasteiger partial charge in [-0.2, -0.15) is 0 Å². The molecule has 0 unspecified atom stereocenters. The van der Waals surface area contributed by atoms with Crippen LogP contribution in [-0.4, -0.2) is 36.1 Å². The minimum absolute atomic E-state index is 0.0837. The summed E-state index contributed by atoms with van der Waals surface area (Å²) in [5.41, 5.74) is 4.14. The Morgan fingerprint density at radius 3 is 2.25 bits per heavy atom. The lowest BCUT2D eigenvalue weighted by molar-refractivity contribution is -0.156. The molecule has 0 spiro atoms. The van der Waals surface area contributed by atoms with Crippen molar-refractivity contribution in [1.29, 1.82) is 0 Å². The molecule has 8 heteroatoms. The highest BCUT2D eigenvalue weighted by molar-refractivity contribution is 6.28. The first-order valence-electron chi connectivity index (χ1n) is 11.7. The third-order valence-electron chi connectivity index (χ3n) is 6.11. The summed E-state index contributed by atoms with van der Waals surface area (Å²) >= 11 is 0. The van der Waals surface area contributed by atoms with E-state index in [9.17, 15) is 14.4 Å². The molecule has 0 amide bonds. The van der Waals surface area contributed by atoms with Crippen LogP contribution in [0.3, 0.4) is 0 Å². The number of nitrogens with zero attached hydrogens (tertiary/aromatic N) is 1. The molecule has 1 aliphatic rings. The van der Waals surface area contributed by atoms with Crippen LogP contribution in [0.4, 0.5) is 11.4 Å². The van der Waals surface area contributed by atoms with Crippen LogP contribution in [0.25, 0.3) is 22.2 Å². The summed E-state index contributed by atoms with van der Waals surface area (Å²) < 4.78 is 16.2. The number of ether oxygens (including phenoxy) is 2. The van der Waals surface area contributed by atoms with E-state index in [1.807, 2.05) is 31.2 Å². The largest absolute Gasteiger partial charge is 0.465 e. The fourth-order valence-electron chi connectivity index (χ4n) is 4.50. The highest BCUT2D eigenvalue weighted by Crippen LogP contribution is 2.45. The zero-order chi connectivity index (χ0) is 25.4. The van der Waals surface area contributed by atoms with E-state index in [0.29, 0.717) is 33.5 Å². The van der Waals surface area contributed by atoms with Crippen LogP contribution < -0.4 is 5.32 Å². The average molecular weight is 485 g/mol. The number of ketones is 1. The fourth-order valence-corrected chi connectivity index (χ4v) is 4.50. The van der Waals surface area contributed by atoms with Crippen molar-refractivity contribution in [2.24, 2.45) is 0 Å². The van der Waals surface area contributed by atoms with Crippen LogP contribution in [0.1, 0.15) is 46.8 Å². The van der Waals surface area contributed by atoms with Gasteiger partial charge in [0.2, 0.25) is 0 Å². The van der Waals surface area contributed by atoms with E-state index in [2.05, 4.69) is 10.5 Å². The molecule has 1 heterocycles. The van der Waals surface area contributed by atoms with E-state index in [-0.39, 0.29) is 30.1 Å². The predicted molar refractivity (Wildman–Crippen MR) is 133 cm³/mol. The molecule has 0 atom stereocenters. The van der Waals surface area contributed by atoms with Crippen LogP contribution in [-0.2, 0) is 19.1 Å². The topological polar surface area (TPSA) is 108 Å². The molecule has 0 aliphatic heterocycles. The van der Waals surface area contributed by atoms with Crippen molar-refractivity contribution in [1.82, 2.24) is 5.16 Å². The lowest BCUT2D eigenvalue weighted by Gasteiger charge is -2.21. The summed E-state index contributed by atoms with van der Waals surface area (Å²) in [7, 11) is 0. The van der Waals surface area contributed by atoms with Crippen LogP contribution in [0.15, 0.2) is 59.1 Å². The number of aromatic nitrogens is 1. The number of carbonyl (C=O) groups is 3. The number of hydrogen-bond donors (Lipinski definition) is 1. The number of esters is 2. The maximum atomic E-state index is 13.7. The molecule has 5 rings (SSSR count). The molecular weight excluding hydrogens is 460 g/mol. The van der Waals surface area contributed by atoms with Gasteiger partial charge in [-0.25, -0.2) is 0 Å². The maximum absolute atomic E-state index is 13.7. The zero-order valence-electron chi connectivity index (χ0n) is 20.1. The summed E-state index contributed by atoms with van der Waals surface area (Å²) in [5.74, 6) is -2.74. The second-order valence-corrected chi connectivity index (χ2v) is 8.43. The Morgan fingerprint density at radius 1 is 0.972 bits per heavy atom. The summed E-state index contributed by atoms with van der Waals surface area (Å²) in [6.45, 7) is 5.46. The number of anilines is 2. The second-order valence-electron chi connectivity index (χ2n) is 8.43. The number of carbonyl (C=O) groups excluding carboxylic acids is 3. The lowest BCUT2D eigenvalue weighted by Crippen LogP contribution is -2.27. The molecular formula is C28H24N2O6. The quantitative estimate of drug-likeness (QED) is 0.245. The van der Waals surface area contributed by atoms with Crippen molar-refractivity contribution in [3.8, 4) is 11.3 Å². The summed E-state index contributed by atoms with van der Waals surface area (Å²) in [6, 6.07) is 16.3. The van der Waals surface area contributed by atoms with Gasteiger partial charge in [-0.05, 0) is 39.0 Å². The van der Waals surface area contributed by atoms with Crippen LogP contribution >= 0.6 is 0 Å². The van der Waals surface area contributed by atoms with E-state index in [4.69, 9.17) is 14.0 Å². The van der Waals surface area contributed by atoms with Crippen molar-refractivity contribution < 1.29 is 28.4 Å². The standard InChI is InChI=1S/C28H24N2O6/c1-4-34-27(32)21(28(33)35-5-2)19-14-20(29-16-12-10-15(3)11-13-16)22-23-24(19)30-36-26(23)18-9-7-6-8-17(18)25(22)31/h6-14,21,29H,4-5H2,1-3H3. The normalized spacial score (nSPS) is 11.9. The van der Waals surface area contributed by atoms with E-state index < -0.39 is 17.9 Å². The molecule has 182 valence electrons. The van der Waals surface area contributed by atoms with E-state index in [1.165, 1.54) is 0 Å². The van der Waals surface area contributed by atoms with Gasteiger partial charge in [0, 0.05) is 22.4 Å². The number of nitrogens with one attached hydrogen (secondary N) is 1. The molecule has 0 saturated heterocycles. The van der Waals surface area contributed by atoms with Gasteiger partial charge < -0.3 is 19.3 Å². The van der Waals surface area contributed by atoms with Crippen LogP contribution in [0.5, 0.6) is 0 Å². The first kappa shape index (κ1) is 23.3. The number of hydrogen-bond acceptors (Lipinski definition) is 8. The van der Waals surface area contributed by atoms with Crippen LogP contribution in [0, 0.1) is 6.92 Å². The van der Waals surface area contributed by atoms with Gasteiger partial charge in [-0.3, -0.25) is 14.4 Å². The Labute approximate surface area is 207 Å². The molecule has 1 aliphatic carbocycles. The molecule has 0 radical (unpaired) electrons. The third-order valence-corrected chi connectivity index (χ3v) is 6.11. The number of fused-ring (bicyclic) bond motifs is 2. The SMILES string of the molecule is CCOC(=O)C(C(=O)OCC)c1cc(Nc2ccc(C)cc2)c2c3c(onc13)-c1ccccc1C2=O. The maximum Gasteiger partial charge on any atom is 0.324 e. The van der Waals surface area contributed by atoms with Gasteiger partial charge in [0.1, 0.15) is 5.52 Å². The summed E-state index contributed by atoms with van der Waals surface area (Å²) in [5, 5.41) is 7.95. The first-order valence-corrected chi connectivity index (χ1v) is 11.7. The van der Waals surface area contributed by atoms with E-state index in [0.717, 1.165) is 11.3 Å². The Balaban J connectivity index is 1.80. The molecule has 36 heavy (non-hydrogen) atoms. The van der Waals surface area contributed by atoms with Gasteiger partial charge in [-0.1, -0.05) is 47.1 Å². The van der Waals surface area contributed by atoms with Gasteiger partial charge in [0.05, 0.1) is 29.9 Å². The van der Waals surface area contributed by atoms with Gasteiger partial charge in [-0.15, -0.1) is 0 Å². The smallest absolute Gasteiger partial charge is 0.324 e. The Kier molecular flexibility index (Phi) is 6.01. The predicted octanol–water partition coefficient (Wildman–Crippen LogP) is 5.30. The minimum atomic E-state index is -1.40. The van der Waals surface area contributed by atoms with Crippen molar-refractivity contribution in [2.45, 2.75) is 26.7 Å². The van der Waals surface area contributed by atoms with Gasteiger partial charge >= 0.3 is 11.9 Å². The molecule has 1 aromatic heterocycles. The van der Waals surface area contributed by atoms with E-state index in [1.54, 1.807) is 44.2 Å². The third kappa shape index (κ3) is 3.80. The summed E-state index contributed by atoms with van der Waals surface area (Å²) in [6.07, 6.45) is 0. The molecule has 0 fully saturated rings. The zero-order valence-corrected chi connectivity index (χ0v) is 20.1. The van der Waals surface area contributed by atoms with E-state index >= 15 is 0 Å². The fraction of sp³-hybridized carbons (Fsp3) is 0.214. The average Bonchev–Trinajstić information content (AvgIpc) is 3.31. The monoisotopic (exact) mass is 484 g/mol. The number of aryl methyl sites for hydroxylation is 1. The highest BCUT2D eigenvalue weighted by atomic mass is 16.6. The number of benzene rings is 3. The van der Waals surface area contributed by atoms with Gasteiger partial charge in [0.25, 0.3) is 0 Å². The van der Waals surface area contributed by atoms with Crippen LogP contribution in [0.2, 0.25) is 0 Å². The Bertz CT molecular complexity index is 1480. The van der Waals surface area contributed by atoms with Crippen molar-refractivity contribution in [3.05, 3.63) is 76.9 Å². The summed E-state index contributed by atoms with van der Waals surface area (Å²) in [4.78, 5) is 39.7. The lowest BCUT2D eigenvalue weighted by atomic mass is 9.84. The van der Waals surface area contributed by atoms with Gasteiger partial charge in [0.15, 0.2) is 17.5 Å². The second kappa shape index (κ2) is 9.30. The minimum Gasteiger partial charge on any atom is -0.465 e. The Hall–Kier alpha value is -4.46. The molecule has 0 bridgehead atoms. The molecule has 1 N–H and O–H groups in total. The highest BCUT2D eigenvalue weighted by Gasteiger charge is 2.39. The van der Waals surface area contributed by atoms with Crippen molar-refractivity contribution in [2.75, 3.05) is 18.5 Å². The molecule has 3 aromatic carbocycles. The molecule has 0 saturated carbocycles. The molecule has 8 nitrogen and oxygen atoms in total. The van der Waals surface area contributed by atoms with Crippen molar-refractivity contribution >= 4 is 40.0 Å². The first-order chi connectivity index (χ1) is 17.4. The van der Waals surface area contributed by atoms with Crippen molar-refractivity contribution in [3.63, 3.8) is 0 Å².